The predicted molar refractivity (Wildman–Crippen MR) is 209 cm³/mol. The Balaban J connectivity index is 1.46. The van der Waals surface area contributed by atoms with Gasteiger partial charge in [-0.3, -0.25) is 0 Å². The van der Waals surface area contributed by atoms with Crippen LogP contribution in [0.5, 0.6) is 23.0 Å². The summed E-state index contributed by atoms with van der Waals surface area (Å²) in [6.45, 7) is 18.2. The molecular weight excluding hydrogens is 778 g/mol. The molecule has 10 heteroatoms. The summed E-state index contributed by atoms with van der Waals surface area (Å²) in [6, 6.07) is 25.5. The third-order valence-electron chi connectivity index (χ3n) is 7.69. The summed E-state index contributed by atoms with van der Waals surface area (Å²) < 4.78 is 57.8. The van der Waals surface area contributed by atoms with Crippen LogP contribution < -0.4 is 18.9 Å². The Morgan fingerprint density at radius 3 is 1.67 bits per heavy atom. The third kappa shape index (κ3) is 11.6. The van der Waals surface area contributed by atoms with Crippen LogP contribution in [0.25, 0.3) is 12.2 Å². The van der Waals surface area contributed by atoms with Gasteiger partial charge in [0.25, 0.3) is 0 Å². The van der Waals surface area contributed by atoms with E-state index in [1.807, 2.05) is 101 Å². The first-order valence-corrected chi connectivity index (χ1v) is 17.9. The topological polar surface area (TPSA) is 81.7 Å². The van der Waals surface area contributed by atoms with E-state index in [2.05, 4.69) is 13.2 Å². The highest BCUT2D eigenvalue weighted by Gasteiger charge is 2.31. The van der Waals surface area contributed by atoms with Gasteiger partial charge in [-0.15, -0.1) is 0 Å². The summed E-state index contributed by atoms with van der Waals surface area (Å²) in [5.74, 6) is -2.47. The summed E-state index contributed by atoms with van der Waals surface area (Å²) in [6.07, 6.45) is 3.49. The molecular formula is C42H46FIO8. The van der Waals surface area contributed by atoms with Crippen LogP contribution in [0, 0.1) is 9.39 Å². The smallest absolute Gasteiger partial charge is 0.343 e. The van der Waals surface area contributed by atoms with Crippen molar-refractivity contribution < 1.29 is 42.3 Å². The largest absolute Gasteiger partial charge is 0.490 e. The van der Waals surface area contributed by atoms with Crippen LogP contribution in [-0.2, 0) is 19.8 Å². The summed E-state index contributed by atoms with van der Waals surface area (Å²) in [5.41, 5.74) is 1.53. The molecule has 0 aliphatic heterocycles. The molecule has 0 saturated heterocycles. The maximum atomic E-state index is 16.1. The van der Waals surface area contributed by atoms with Crippen LogP contribution in [0.2, 0.25) is 0 Å². The number of hydrogen-bond donors (Lipinski definition) is 0. The molecule has 0 fully saturated rings. The van der Waals surface area contributed by atoms with E-state index < -0.39 is 29.0 Å². The quantitative estimate of drug-likeness (QED) is 0.0400. The second kappa shape index (κ2) is 17.9. The van der Waals surface area contributed by atoms with E-state index in [1.54, 1.807) is 53.7 Å². The van der Waals surface area contributed by atoms with Gasteiger partial charge in [0.15, 0.2) is 11.6 Å². The normalized spacial score (nSPS) is 11.8. The number of rotatable bonds is 19. The Morgan fingerprint density at radius 1 is 0.712 bits per heavy atom. The van der Waals surface area contributed by atoms with Crippen molar-refractivity contribution in [1.29, 1.82) is 0 Å². The molecule has 0 atom stereocenters. The number of halogens is 2. The Labute approximate surface area is 319 Å². The Hall–Kier alpha value is -4.39. The van der Waals surface area contributed by atoms with Crippen molar-refractivity contribution in [1.82, 2.24) is 0 Å². The minimum atomic E-state index is -1.03. The first-order valence-electron chi connectivity index (χ1n) is 16.8. The van der Waals surface area contributed by atoms with E-state index in [0.717, 1.165) is 16.7 Å². The molecule has 52 heavy (non-hydrogen) atoms. The van der Waals surface area contributed by atoms with Crippen molar-refractivity contribution in [2.75, 3.05) is 26.4 Å². The van der Waals surface area contributed by atoms with Gasteiger partial charge in [-0.25, -0.2) is 9.18 Å². The highest BCUT2D eigenvalue weighted by atomic mass is 127. The fourth-order valence-corrected chi connectivity index (χ4v) is 5.57. The van der Waals surface area contributed by atoms with E-state index in [4.69, 9.17) is 33.2 Å². The summed E-state index contributed by atoms with van der Waals surface area (Å²) in [4.78, 5) is 13.8. The molecule has 0 heterocycles. The van der Waals surface area contributed by atoms with E-state index in [1.165, 1.54) is 6.07 Å². The van der Waals surface area contributed by atoms with Gasteiger partial charge >= 0.3 is 5.97 Å². The van der Waals surface area contributed by atoms with Crippen LogP contribution in [0.1, 0.15) is 68.6 Å². The number of carbonyl (C=O) groups is 1. The molecule has 0 bridgehead atoms. The number of esters is 1. The van der Waals surface area contributed by atoms with Crippen molar-refractivity contribution in [2.24, 2.45) is 0 Å². The lowest BCUT2D eigenvalue weighted by molar-refractivity contribution is -0.160. The molecule has 0 amide bonds. The lowest BCUT2D eigenvalue weighted by Crippen LogP contribution is -2.33. The molecule has 4 aromatic rings. The first-order chi connectivity index (χ1) is 24.6. The lowest BCUT2D eigenvalue weighted by Gasteiger charge is -2.28. The molecule has 276 valence electrons. The highest BCUT2D eigenvalue weighted by Crippen LogP contribution is 2.37. The Morgan fingerprint density at radius 2 is 1.19 bits per heavy atom. The number of ether oxygens (including phenoxy) is 7. The van der Waals surface area contributed by atoms with Gasteiger partial charge < -0.3 is 33.2 Å². The average molecular weight is 825 g/mol. The molecule has 4 rings (SSSR count). The zero-order valence-corrected chi connectivity index (χ0v) is 32.7. The van der Waals surface area contributed by atoms with Crippen molar-refractivity contribution in [3.05, 3.63) is 130 Å². The van der Waals surface area contributed by atoms with Crippen LogP contribution >= 0.6 is 22.6 Å². The lowest BCUT2D eigenvalue weighted by atomic mass is 9.98. The monoisotopic (exact) mass is 824 g/mol. The summed E-state index contributed by atoms with van der Waals surface area (Å²) in [5, 5.41) is 0. The predicted octanol–water partition coefficient (Wildman–Crippen LogP) is 10.2. The number of hydrogen-bond acceptors (Lipinski definition) is 8. The molecule has 0 aliphatic rings. The summed E-state index contributed by atoms with van der Waals surface area (Å²) in [7, 11) is 0. The van der Waals surface area contributed by atoms with Gasteiger partial charge in [-0.05, 0) is 83.5 Å². The van der Waals surface area contributed by atoms with Crippen LogP contribution in [0.3, 0.4) is 0 Å². The summed E-state index contributed by atoms with van der Waals surface area (Å²) >= 11 is 1.83. The maximum absolute atomic E-state index is 16.1. The van der Waals surface area contributed by atoms with Crippen molar-refractivity contribution in [3.63, 3.8) is 0 Å². The van der Waals surface area contributed by atoms with E-state index in [-0.39, 0.29) is 47.1 Å². The zero-order valence-electron chi connectivity index (χ0n) is 30.5. The van der Waals surface area contributed by atoms with Crippen molar-refractivity contribution in [2.45, 2.75) is 58.7 Å². The third-order valence-corrected chi connectivity index (χ3v) is 8.70. The van der Waals surface area contributed by atoms with Crippen LogP contribution in [-0.4, -0.2) is 44.0 Å². The van der Waals surface area contributed by atoms with Gasteiger partial charge in [0.05, 0.1) is 16.8 Å². The molecule has 0 saturated carbocycles. The molecule has 0 aliphatic carbocycles. The molecule has 0 spiro atoms. The molecule has 4 aromatic carbocycles. The van der Waals surface area contributed by atoms with E-state index in [0.29, 0.717) is 11.5 Å². The van der Waals surface area contributed by atoms with E-state index in [9.17, 15) is 4.79 Å². The van der Waals surface area contributed by atoms with E-state index >= 15 is 4.39 Å². The fourth-order valence-electron chi connectivity index (χ4n) is 5.01. The van der Waals surface area contributed by atoms with Crippen molar-refractivity contribution >= 4 is 40.7 Å². The first kappa shape index (κ1) is 40.4. The molecule has 0 radical (unpaired) electrons. The van der Waals surface area contributed by atoms with Gasteiger partial charge in [-0.1, -0.05) is 79.9 Å². The second-order valence-electron chi connectivity index (χ2n) is 13.1. The van der Waals surface area contributed by atoms with Crippen LogP contribution in [0.4, 0.5) is 4.39 Å². The molecule has 0 aromatic heterocycles. The van der Waals surface area contributed by atoms with Gasteiger partial charge in [0.2, 0.25) is 11.6 Å². The fraction of sp³-hybridized carbons (Fsp3) is 0.310. The molecule has 0 unspecified atom stereocenters. The zero-order chi connectivity index (χ0) is 37.9. The average Bonchev–Trinajstić information content (AvgIpc) is 3.11. The molecule has 0 N–H and O–H groups in total. The minimum Gasteiger partial charge on any atom is -0.490 e. The maximum Gasteiger partial charge on any atom is 0.343 e. The number of benzene rings is 4. The highest BCUT2D eigenvalue weighted by molar-refractivity contribution is 14.1. The Kier molecular flexibility index (Phi) is 13.9. The Bertz CT molecular complexity index is 1800. The SMILES string of the molecule is C=Cc1ccc(OC(C)(C)OCCOc2cc(C(=O)OC(C)(C)c3ccccc3)c(OCCOC(C)(C)Oc3ccc(C=C)cc3)c(F)c2I)cc1. The van der Waals surface area contributed by atoms with Gasteiger partial charge in [0, 0.05) is 27.7 Å². The van der Waals surface area contributed by atoms with Gasteiger partial charge in [0.1, 0.15) is 41.6 Å². The standard InChI is InChI=1S/C42H46FIO8/c1-9-29-16-20-32(21-17-29)50-41(5,6)48-26-24-46-35-28-34(39(45)52-40(3,4)31-14-12-11-13-15-31)38(36(43)37(35)44)47-25-27-49-42(7,8)51-33-22-18-30(10-2)19-23-33/h9-23,28H,1-2,24-27H2,3-8H3. The van der Waals surface area contributed by atoms with Crippen LogP contribution in [0.15, 0.2) is 98.1 Å². The van der Waals surface area contributed by atoms with Gasteiger partial charge in [-0.2, -0.15) is 0 Å². The molecule has 8 nitrogen and oxygen atoms in total. The minimum absolute atomic E-state index is 0.0314. The second-order valence-corrected chi connectivity index (χ2v) is 14.2. The van der Waals surface area contributed by atoms with Crippen molar-refractivity contribution in [3.8, 4) is 23.0 Å². The number of carbonyl (C=O) groups excluding carboxylic acids is 1.